The second-order valence-electron chi connectivity index (χ2n) is 4.84. The maximum atomic E-state index is 5.72. The van der Waals surface area contributed by atoms with Crippen LogP contribution in [0, 0.1) is 5.92 Å². The fourth-order valence-corrected chi connectivity index (χ4v) is 1.93. The maximum absolute atomic E-state index is 5.72. The van der Waals surface area contributed by atoms with E-state index >= 15 is 0 Å². The molecule has 2 rings (SSSR count). The number of nitrogens with two attached hydrogens (primary N) is 1. The first-order chi connectivity index (χ1) is 8.31. The van der Waals surface area contributed by atoms with E-state index in [-0.39, 0.29) is 0 Å². The lowest BCUT2D eigenvalue weighted by molar-refractivity contribution is 0.290. The largest absolute Gasteiger partial charge is 0.478 e. The van der Waals surface area contributed by atoms with Crippen LogP contribution in [-0.4, -0.2) is 11.6 Å². The molecular weight excluding hydrogens is 212 g/mol. The quantitative estimate of drug-likeness (QED) is 0.789. The highest BCUT2D eigenvalue weighted by molar-refractivity contribution is 5.25. The Kier molecular flexibility index (Phi) is 4.37. The summed E-state index contributed by atoms with van der Waals surface area (Å²) in [5, 5.41) is 0. The molecule has 3 nitrogen and oxygen atoms in total. The highest BCUT2D eigenvalue weighted by Crippen LogP contribution is 2.32. The number of ether oxygens (including phenoxy) is 1. The molecule has 1 fully saturated rings. The van der Waals surface area contributed by atoms with Gasteiger partial charge < -0.3 is 10.5 Å². The van der Waals surface area contributed by atoms with Gasteiger partial charge in [0.05, 0.1) is 6.61 Å². The Morgan fingerprint density at radius 3 is 2.88 bits per heavy atom. The normalized spacial score (nSPS) is 14.9. The third-order valence-corrected chi connectivity index (χ3v) is 3.13. The molecule has 94 valence electrons. The van der Waals surface area contributed by atoms with Crippen LogP contribution in [0.3, 0.4) is 0 Å². The van der Waals surface area contributed by atoms with Gasteiger partial charge in [-0.2, -0.15) is 0 Å². The number of aryl methyl sites for hydroxylation is 1. The average molecular weight is 234 g/mol. The zero-order valence-corrected chi connectivity index (χ0v) is 10.6. The van der Waals surface area contributed by atoms with Gasteiger partial charge in [-0.05, 0) is 30.4 Å². The number of hydrogen-bond acceptors (Lipinski definition) is 3. The predicted octanol–water partition coefficient (Wildman–Crippen LogP) is 2.67. The molecule has 0 saturated heterocycles. The van der Waals surface area contributed by atoms with E-state index in [0.29, 0.717) is 6.54 Å². The van der Waals surface area contributed by atoms with Crippen molar-refractivity contribution >= 4 is 0 Å². The Labute approximate surface area is 103 Å². The molecule has 0 atom stereocenters. The van der Waals surface area contributed by atoms with Gasteiger partial charge in [-0.3, -0.25) is 0 Å². The highest BCUT2D eigenvalue weighted by Gasteiger charge is 2.20. The number of hydrogen-bond donors (Lipinski definition) is 1. The van der Waals surface area contributed by atoms with Crippen LogP contribution < -0.4 is 10.5 Å². The van der Waals surface area contributed by atoms with E-state index in [1.165, 1.54) is 12.8 Å². The molecule has 0 radical (unpaired) electrons. The summed E-state index contributed by atoms with van der Waals surface area (Å²) in [6.07, 6.45) is 6.01. The molecule has 0 unspecified atom stereocenters. The van der Waals surface area contributed by atoms with Crippen molar-refractivity contribution in [1.82, 2.24) is 4.98 Å². The standard InChI is InChI=1S/C14H22N2O/c1-2-3-13-8-12(10-15)9-14(16-13)17-7-6-11-4-5-11/h8-9,11H,2-7,10,15H2,1H3. The Morgan fingerprint density at radius 2 is 2.24 bits per heavy atom. The van der Waals surface area contributed by atoms with E-state index in [2.05, 4.69) is 18.0 Å². The lowest BCUT2D eigenvalue weighted by atomic mass is 10.1. The molecule has 2 N–H and O–H groups in total. The lowest BCUT2D eigenvalue weighted by Crippen LogP contribution is -2.05. The molecule has 1 aromatic rings. The summed E-state index contributed by atoms with van der Waals surface area (Å²) in [5.74, 6) is 1.65. The van der Waals surface area contributed by atoms with Gasteiger partial charge >= 0.3 is 0 Å². The summed E-state index contributed by atoms with van der Waals surface area (Å²) in [7, 11) is 0. The molecule has 3 heteroatoms. The van der Waals surface area contributed by atoms with Crippen molar-refractivity contribution in [2.45, 2.75) is 45.6 Å². The van der Waals surface area contributed by atoms with E-state index in [0.717, 1.165) is 48.9 Å². The van der Waals surface area contributed by atoms with Crippen LogP contribution in [0.2, 0.25) is 0 Å². The summed E-state index contributed by atoms with van der Waals surface area (Å²) >= 11 is 0. The molecule has 1 aromatic heterocycles. The van der Waals surface area contributed by atoms with Crippen molar-refractivity contribution in [2.24, 2.45) is 11.7 Å². The average Bonchev–Trinajstić information content (AvgIpc) is 3.13. The van der Waals surface area contributed by atoms with Gasteiger partial charge in [0.1, 0.15) is 0 Å². The Morgan fingerprint density at radius 1 is 1.41 bits per heavy atom. The van der Waals surface area contributed by atoms with E-state index in [1.807, 2.05) is 6.07 Å². The molecule has 0 aliphatic heterocycles. The molecule has 1 heterocycles. The van der Waals surface area contributed by atoms with Crippen molar-refractivity contribution in [3.05, 3.63) is 23.4 Å². The van der Waals surface area contributed by atoms with Crippen LogP contribution in [0.5, 0.6) is 5.88 Å². The van der Waals surface area contributed by atoms with Gasteiger partial charge in [0.25, 0.3) is 0 Å². The van der Waals surface area contributed by atoms with E-state index in [1.54, 1.807) is 0 Å². The van der Waals surface area contributed by atoms with Crippen LogP contribution in [0.4, 0.5) is 0 Å². The topological polar surface area (TPSA) is 48.1 Å². The number of pyridine rings is 1. The Hall–Kier alpha value is -1.09. The first kappa shape index (κ1) is 12.4. The number of aromatic nitrogens is 1. The van der Waals surface area contributed by atoms with Crippen molar-refractivity contribution in [2.75, 3.05) is 6.61 Å². The molecule has 1 aliphatic rings. The van der Waals surface area contributed by atoms with Crippen LogP contribution in [0.15, 0.2) is 12.1 Å². The summed E-state index contributed by atoms with van der Waals surface area (Å²) in [4.78, 5) is 4.51. The highest BCUT2D eigenvalue weighted by atomic mass is 16.5. The predicted molar refractivity (Wildman–Crippen MR) is 69.0 cm³/mol. The third kappa shape index (κ3) is 4.00. The van der Waals surface area contributed by atoms with Crippen LogP contribution >= 0.6 is 0 Å². The summed E-state index contributed by atoms with van der Waals surface area (Å²) in [5.41, 5.74) is 7.90. The van der Waals surface area contributed by atoms with Gasteiger partial charge in [-0.15, -0.1) is 0 Å². The summed E-state index contributed by atoms with van der Waals surface area (Å²) < 4.78 is 5.72. The van der Waals surface area contributed by atoms with Crippen molar-refractivity contribution in [3.8, 4) is 5.88 Å². The molecule has 0 amide bonds. The van der Waals surface area contributed by atoms with Gasteiger partial charge in [0, 0.05) is 18.3 Å². The smallest absolute Gasteiger partial charge is 0.213 e. The molecule has 0 spiro atoms. The zero-order chi connectivity index (χ0) is 12.1. The van der Waals surface area contributed by atoms with Crippen molar-refractivity contribution in [1.29, 1.82) is 0 Å². The Bertz CT molecular complexity index is 361. The summed E-state index contributed by atoms with van der Waals surface area (Å²) in [6.45, 7) is 3.50. The molecule has 1 aliphatic carbocycles. The van der Waals surface area contributed by atoms with Gasteiger partial charge in [-0.1, -0.05) is 26.2 Å². The van der Waals surface area contributed by atoms with E-state index in [9.17, 15) is 0 Å². The fraction of sp³-hybridized carbons (Fsp3) is 0.643. The second kappa shape index (κ2) is 6.01. The van der Waals surface area contributed by atoms with Crippen molar-refractivity contribution < 1.29 is 4.74 Å². The zero-order valence-electron chi connectivity index (χ0n) is 10.6. The monoisotopic (exact) mass is 234 g/mol. The summed E-state index contributed by atoms with van der Waals surface area (Å²) in [6, 6.07) is 4.04. The minimum absolute atomic E-state index is 0.554. The van der Waals surface area contributed by atoms with Crippen LogP contribution in [-0.2, 0) is 13.0 Å². The van der Waals surface area contributed by atoms with Crippen LogP contribution in [0.25, 0.3) is 0 Å². The molecule has 1 saturated carbocycles. The first-order valence-corrected chi connectivity index (χ1v) is 6.64. The minimum Gasteiger partial charge on any atom is -0.478 e. The first-order valence-electron chi connectivity index (χ1n) is 6.64. The molecule has 0 bridgehead atoms. The SMILES string of the molecule is CCCc1cc(CN)cc(OCCC2CC2)n1. The molecular formula is C14H22N2O. The van der Waals surface area contributed by atoms with E-state index < -0.39 is 0 Å². The molecule has 0 aromatic carbocycles. The van der Waals surface area contributed by atoms with Crippen LogP contribution in [0.1, 0.15) is 43.9 Å². The lowest BCUT2D eigenvalue weighted by Gasteiger charge is -2.09. The minimum atomic E-state index is 0.554. The van der Waals surface area contributed by atoms with Gasteiger partial charge in [0.2, 0.25) is 5.88 Å². The fourth-order valence-electron chi connectivity index (χ4n) is 1.93. The third-order valence-electron chi connectivity index (χ3n) is 3.13. The second-order valence-corrected chi connectivity index (χ2v) is 4.84. The van der Waals surface area contributed by atoms with Gasteiger partial charge in [0.15, 0.2) is 0 Å². The molecule has 17 heavy (non-hydrogen) atoms. The van der Waals surface area contributed by atoms with Crippen molar-refractivity contribution in [3.63, 3.8) is 0 Å². The maximum Gasteiger partial charge on any atom is 0.213 e. The van der Waals surface area contributed by atoms with Gasteiger partial charge in [-0.25, -0.2) is 4.98 Å². The number of rotatable bonds is 7. The van der Waals surface area contributed by atoms with E-state index in [4.69, 9.17) is 10.5 Å². The number of nitrogens with zero attached hydrogens (tertiary/aromatic N) is 1. The Balaban J connectivity index is 1.94.